The van der Waals surface area contributed by atoms with Crippen molar-refractivity contribution < 1.29 is 8.78 Å². The highest BCUT2D eigenvalue weighted by Gasteiger charge is 2.14. The summed E-state index contributed by atoms with van der Waals surface area (Å²) in [6.07, 6.45) is 1.04. The van der Waals surface area contributed by atoms with Gasteiger partial charge in [-0.2, -0.15) is 0 Å². The zero-order valence-electron chi connectivity index (χ0n) is 8.86. The number of hydrogen-bond acceptors (Lipinski definition) is 1. The van der Waals surface area contributed by atoms with Crippen LogP contribution in [0.25, 0.3) is 0 Å². The van der Waals surface area contributed by atoms with Gasteiger partial charge in [-0.1, -0.05) is 11.6 Å². The minimum Gasteiger partial charge on any atom is -0.324 e. The van der Waals surface area contributed by atoms with Crippen LogP contribution in [0.1, 0.15) is 31.4 Å². The van der Waals surface area contributed by atoms with Crippen molar-refractivity contribution in [2.24, 2.45) is 5.73 Å². The van der Waals surface area contributed by atoms with E-state index in [0.717, 1.165) is 12.1 Å². The van der Waals surface area contributed by atoms with Crippen molar-refractivity contribution in [3.63, 3.8) is 0 Å². The molecule has 1 rings (SSSR count). The van der Waals surface area contributed by atoms with E-state index in [2.05, 4.69) is 11.8 Å². The third-order valence-corrected chi connectivity index (χ3v) is 2.49. The molecule has 0 aromatic heterocycles. The molecule has 0 heterocycles. The highest BCUT2D eigenvalue weighted by molar-refractivity contribution is 6.30. The Balaban J connectivity index is 2.85. The molecule has 1 aromatic carbocycles. The molecule has 4 heteroatoms. The van der Waals surface area contributed by atoms with Gasteiger partial charge in [0, 0.05) is 18.0 Å². The average Bonchev–Trinajstić information content (AvgIpc) is 2.23. The van der Waals surface area contributed by atoms with Crippen molar-refractivity contribution in [2.45, 2.75) is 25.8 Å². The van der Waals surface area contributed by atoms with Crippen LogP contribution in [0.4, 0.5) is 8.78 Å². The standard InChI is InChI=1S/C12H12ClF2N/c1-2-3-4-5-12(16)8-6-11(15)9(13)7-10(8)14/h6-7,12H,4-5,16H2,1H3. The van der Waals surface area contributed by atoms with Crippen molar-refractivity contribution in [3.8, 4) is 11.8 Å². The lowest BCUT2D eigenvalue weighted by Gasteiger charge is -2.12. The van der Waals surface area contributed by atoms with Crippen molar-refractivity contribution in [1.29, 1.82) is 0 Å². The number of rotatable bonds is 3. The van der Waals surface area contributed by atoms with Gasteiger partial charge in [-0.3, -0.25) is 0 Å². The molecule has 0 bridgehead atoms. The van der Waals surface area contributed by atoms with Gasteiger partial charge in [0.2, 0.25) is 0 Å². The Morgan fingerprint density at radius 3 is 2.69 bits per heavy atom. The van der Waals surface area contributed by atoms with Crippen LogP contribution in [0.3, 0.4) is 0 Å². The summed E-state index contributed by atoms with van der Waals surface area (Å²) in [5, 5.41) is -0.234. The molecule has 86 valence electrons. The van der Waals surface area contributed by atoms with Crippen LogP contribution < -0.4 is 5.73 Å². The summed E-state index contributed by atoms with van der Waals surface area (Å²) < 4.78 is 26.5. The lowest BCUT2D eigenvalue weighted by Crippen LogP contribution is -2.12. The van der Waals surface area contributed by atoms with Gasteiger partial charge < -0.3 is 5.73 Å². The zero-order valence-corrected chi connectivity index (χ0v) is 9.61. The minimum atomic E-state index is -0.657. The maximum Gasteiger partial charge on any atom is 0.142 e. The highest BCUT2D eigenvalue weighted by atomic mass is 35.5. The molecule has 0 saturated carbocycles. The summed E-state index contributed by atoms with van der Waals surface area (Å²) in [6.45, 7) is 1.72. The Labute approximate surface area is 98.6 Å². The van der Waals surface area contributed by atoms with Crippen molar-refractivity contribution in [2.75, 3.05) is 0 Å². The van der Waals surface area contributed by atoms with E-state index in [4.69, 9.17) is 17.3 Å². The smallest absolute Gasteiger partial charge is 0.142 e. The van der Waals surface area contributed by atoms with E-state index >= 15 is 0 Å². The number of nitrogens with two attached hydrogens (primary N) is 1. The van der Waals surface area contributed by atoms with Gasteiger partial charge in [0.1, 0.15) is 11.6 Å². The second kappa shape index (κ2) is 5.83. The first kappa shape index (κ1) is 13.0. The lowest BCUT2D eigenvalue weighted by atomic mass is 10.0. The van der Waals surface area contributed by atoms with Gasteiger partial charge in [0.05, 0.1) is 5.02 Å². The van der Waals surface area contributed by atoms with Crippen molar-refractivity contribution in [3.05, 3.63) is 34.4 Å². The number of benzene rings is 1. The van der Waals surface area contributed by atoms with Crippen LogP contribution in [0.5, 0.6) is 0 Å². The monoisotopic (exact) mass is 243 g/mol. The predicted octanol–water partition coefficient (Wildman–Crippen LogP) is 3.42. The highest BCUT2D eigenvalue weighted by Crippen LogP contribution is 2.24. The molecule has 2 N–H and O–H groups in total. The van der Waals surface area contributed by atoms with Crippen molar-refractivity contribution in [1.82, 2.24) is 0 Å². The molecule has 0 fully saturated rings. The van der Waals surface area contributed by atoms with E-state index in [-0.39, 0.29) is 10.6 Å². The summed E-state index contributed by atoms with van der Waals surface area (Å²) in [4.78, 5) is 0. The van der Waals surface area contributed by atoms with Crippen LogP contribution >= 0.6 is 11.6 Å². The molecule has 1 atom stereocenters. The summed E-state index contributed by atoms with van der Waals surface area (Å²) >= 11 is 5.44. The maximum atomic E-state index is 13.4. The molecule has 1 aromatic rings. The van der Waals surface area contributed by atoms with Crippen LogP contribution in [-0.4, -0.2) is 0 Å². The van der Waals surface area contributed by atoms with Gasteiger partial charge in [-0.25, -0.2) is 8.78 Å². The van der Waals surface area contributed by atoms with E-state index in [9.17, 15) is 8.78 Å². The molecule has 0 amide bonds. The molecular formula is C12H12ClF2N. The number of hydrogen-bond donors (Lipinski definition) is 1. The molecular weight excluding hydrogens is 232 g/mol. The first-order valence-corrected chi connectivity index (χ1v) is 5.23. The summed E-state index contributed by atoms with van der Waals surface area (Å²) in [6, 6.07) is 1.42. The molecule has 0 spiro atoms. The Kier molecular flexibility index (Phi) is 4.72. The molecule has 0 aliphatic rings. The second-order valence-corrected chi connectivity index (χ2v) is 3.77. The largest absolute Gasteiger partial charge is 0.324 e. The van der Waals surface area contributed by atoms with Crippen LogP contribution in [0, 0.1) is 23.5 Å². The summed E-state index contributed by atoms with van der Waals surface area (Å²) in [7, 11) is 0. The Hall–Kier alpha value is -1.11. The van der Waals surface area contributed by atoms with Gasteiger partial charge >= 0.3 is 0 Å². The molecule has 0 saturated heterocycles. The zero-order chi connectivity index (χ0) is 12.1. The fourth-order valence-corrected chi connectivity index (χ4v) is 1.48. The molecule has 0 radical (unpaired) electrons. The lowest BCUT2D eigenvalue weighted by molar-refractivity contribution is 0.552. The van der Waals surface area contributed by atoms with Crippen LogP contribution in [0.2, 0.25) is 5.02 Å². The van der Waals surface area contributed by atoms with Crippen molar-refractivity contribution >= 4 is 11.6 Å². The Bertz CT molecular complexity index is 435. The third-order valence-electron chi connectivity index (χ3n) is 2.20. The fourth-order valence-electron chi connectivity index (χ4n) is 1.33. The second-order valence-electron chi connectivity index (χ2n) is 3.36. The van der Waals surface area contributed by atoms with Crippen LogP contribution in [0.15, 0.2) is 12.1 Å². The average molecular weight is 244 g/mol. The Morgan fingerprint density at radius 2 is 2.06 bits per heavy atom. The molecule has 1 unspecified atom stereocenters. The van der Waals surface area contributed by atoms with E-state index in [1.165, 1.54) is 0 Å². The normalized spacial score (nSPS) is 11.8. The summed E-state index contributed by atoms with van der Waals surface area (Å²) in [5.74, 6) is 4.30. The quantitative estimate of drug-likeness (QED) is 0.639. The van der Waals surface area contributed by atoms with Gasteiger partial charge in [0.15, 0.2) is 0 Å². The van der Waals surface area contributed by atoms with Gasteiger partial charge in [-0.15, -0.1) is 11.8 Å². The van der Waals surface area contributed by atoms with Gasteiger partial charge in [0.25, 0.3) is 0 Å². The van der Waals surface area contributed by atoms with E-state index in [0.29, 0.717) is 12.8 Å². The van der Waals surface area contributed by atoms with E-state index < -0.39 is 17.7 Å². The van der Waals surface area contributed by atoms with E-state index in [1.807, 2.05) is 0 Å². The SMILES string of the molecule is CC#CCCC(N)c1cc(F)c(Cl)cc1F. The van der Waals surface area contributed by atoms with E-state index in [1.54, 1.807) is 6.92 Å². The minimum absolute atomic E-state index is 0.139. The Morgan fingerprint density at radius 1 is 1.38 bits per heavy atom. The topological polar surface area (TPSA) is 26.0 Å². The molecule has 1 nitrogen and oxygen atoms in total. The molecule has 0 aliphatic heterocycles. The van der Waals surface area contributed by atoms with Crippen LogP contribution in [-0.2, 0) is 0 Å². The predicted molar refractivity (Wildman–Crippen MR) is 61.0 cm³/mol. The van der Waals surface area contributed by atoms with Gasteiger partial charge in [-0.05, 0) is 25.5 Å². The first-order valence-electron chi connectivity index (χ1n) is 4.86. The number of halogens is 3. The summed E-state index contributed by atoms with van der Waals surface area (Å²) in [5.41, 5.74) is 5.88. The molecule has 16 heavy (non-hydrogen) atoms. The third kappa shape index (κ3) is 3.19. The maximum absolute atomic E-state index is 13.4. The molecule has 0 aliphatic carbocycles. The first-order chi connectivity index (χ1) is 7.56. The fraction of sp³-hybridized carbons (Fsp3) is 0.333.